The molecule has 1 aliphatic rings. The molecule has 1 amide bonds. The highest BCUT2D eigenvalue weighted by atomic mass is 35.5. The molecule has 5 nitrogen and oxygen atoms in total. The van der Waals surface area contributed by atoms with E-state index >= 15 is 0 Å². The van der Waals surface area contributed by atoms with Crippen LogP contribution in [0.4, 0.5) is 8.78 Å². The molecule has 0 bridgehead atoms. The third-order valence-electron chi connectivity index (χ3n) is 4.78. The summed E-state index contributed by atoms with van der Waals surface area (Å²) in [7, 11) is 0. The number of carbonyl (C=O) groups excluding carboxylic acids is 1. The number of rotatable bonds is 7. The van der Waals surface area contributed by atoms with Gasteiger partial charge in [0.2, 0.25) is 5.91 Å². The zero-order chi connectivity index (χ0) is 21.2. The van der Waals surface area contributed by atoms with Gasteiger partial charge in [0.1, 0.15) is 10.8 Å². The Morgan fingerprint density at radius 1 is 1.34 bits per heavy atom. The Morgan fingerprint density at radius 3 is 2.62 bits per heavy atom. The lowest BCUT2D eigenvalue weighted by Crippen LogP contribution is -2.36. The van der Waals surface area contributed by atoms with Gasteiger partial charge in [-0.1, -0.05) is 11.6 Å². The first kappa shape index (κ1) is 22.2. The number of halogens is 3. The van der Waals surface area contributed by atoms with Crippen molar-refractivity contribution in [2.24, 2.45) is 0 Å². The van der Waals surface area contributed by atoms with Crippen LogP contribution >= 0.6 is 22.9 Å². The topological polar surface area (TPSA) is 60.5 Å². The van der Waals surface area contributed by atoms with Crippen LogP contribution in [0.3, 0.4) is 0 Å². The smallest absolute Gasteiger partial charge is 0.296 e. The molecule has 0 aliphatic heterocycles. The van der Waals surface area contributed by atoms with Gasteiger partial charge in [-0.2, -0.15) is 8.78 Å². The van der Waals surface area contributed by atoms with E-state index in [9.17, 15) is 13.6 Å². The van der Waals surface area contributed by atoms with Crippen LogP contribution in [0.2, 0.25) is 5.02 Å². The molecule has 1 aromatic heterocycles. The molecule has 1 atom stereocenters. The SMILES string of the molecule is CC(=O)N[C@@H](C)COC1CCC(Oc2ccc3nc(C(C)(F)F)sc3c2Cl)CC1. The fraction of sp³-hybridized carbons (Fsp3) is 0.600. The van der Waals surface area contributed by atoms with Gasteiger partial charge in [-0.25, -0.2) is 4.98 Å². The molecule has 1 N–H and O–H groups in total. The average Bonchev–Trinajstić information content (AvgIpc) is 3.08. The maximum Gasteiger partial charge on any atom is 0.296 e. The van der Waals surface area contributed by atoms with Crippen LogP contribution in [0.1, 0.15) is 51.5 Å². The minimum absolute atomic E-state index is 0.00224. The normalized spacial score (nSPS) is 21.2. The number of nitrogens with zero attached hydrogens (tertiary/aromatic N) is 1. The van der Waals surface area contributed by atoms with Crippen LogP contribution in [0, 0.1) is 0 Å². The highest BCUT2D eigenvalue weighted by Crippen LogP contribution is 2.41. The van der Waals surface area contributed by atoms with E-state index in [1.807, 2.05) is 6.92 Å². The molecular formula is C20H25ClF2N2O3S. The number of benzene rings is 1. The number of hydrogen-bond donors (Lipinski definition) is 1. The molecule has 1 heterocycles. The molecular weight excluding hydrogens is 422 g/mol. The van der Waals surface area contributed by atoms with E-state index in [4.69, 9.17) is 21.1 Å². The van der Waals surface area contributed by atoms with Crippen LogP contribution in [-0.2, 0) is 15.5 Å². The van der Waals surface area contributed by atoms with E-state index in [1.54, 1.807) is 12.1 Å². The fourth-order valence-corrected chi connectivity index (χ4v) is 4.63. The van der Waals surface area contributed by atoms with Gasteiger partial charge in [-0.15, -0.1) is 11.3 Å². The molecule has 1 fully saturated rings. The highest BCUT2D eigenvalue weighted by Gasteiger charge is 2.30. The Bertz CT molecular complexity index is 863. The summed E-state index contributed by atoms with van der Waals surface area (Å²) in [6.45, 7) is 4.71. The molecule has 0 radical (unpaired) electrons. The van der Waals surface area contributed by atoms with Gasteiger partial charge >= 0.3 is 0 Å². The Hall–Kier alpha value is -1.51. The third kappa shape index (κ3) is 5.77. The lowest BCUT2D eigenvalue weighted by Gasteiger charge is -2.30. The van der Waals surface area contributed by atoms with Gasteiger partial charge in [0.25, 0.3) is 5.92 Å². The maximum absolute atomic E-state index is 13.6. The number of amides is 1. The first-order valence-electron chi connectivity index (χ1n) is 9.66. The second-order valence-corrected chi connectivity index (χ2v) is 8.96. The second-order valence-electron chi connectivity index (χ2n) is 7.58. The summed E-state index contributed by atoms with van der Waals surface area (Å²) >= 11 is 7.32. The van der Waals surface area contributed by atoms with Crippen molar-refractivity contribution in [3.8, 4) is 5.75 Å². The monoisotopic (exact) mass is 446 g/mol. The summed E-state index contributed by atoms with van der Waals surface area (Å²) < 4.78 is 39.6. The number of hydrogen-bond acceptors (Lipinski definition) is 5. The first-order chi connectivity index (χ1) is 13.6. The van der Waals surface area contributed by atoms with Gasteiger partial charge in [-0.3, -0.25) is 4.79 Å². The molecule has 9 heteroatoms. The van der Waals surface area contributed by atoms with Gasteiger partial charge < -0.3 is 14.8 Å². The predicted octanol–water partition coefficient (Wildman–Crippen LogP) is 5.29. The number of aromatic nitrogens is 1. The summed E-state index contributed by atoms with van der Waals surface area (Å²) in [6.07, 6.45) is 3.47. The van der Waals surface area contributed by atoms with Crippen LogP contribution in [0.15, 0.2) is 12.1 Å². The van der Waals surface area contributed by atoms with E-state index in [2.05, 4.69) is 10.3 Å². The number of fused-ring (bicyclic) bond motifs is 1. The van der Waals surface area contributed by atoms with Crippen LogP contribution in [0.5, 0.6) is 5.75 Å². The van der Waals surface area contributed by atoms with Crippen molar-refractivity contribution >= 4 is 39.1 Å². The summed E-state index contributed by atoms with van der Waals surface area (Å²) in [5, 5.41) is 2.88. The minimum atomic E-state index is -3.00. The van der Waals surface area contributed by atoms with E-state index in [0.29, 0.717) is 27.6 Å². The largest absolute Gasteiger partial charge is 0.489 e. The third-order valence-corrected chi connectivity index (χ3v) is 6.53. The number of carbonyl (C=O) groups is 1. The highest BCUT2D eigenvalue weighted by molar-refractivity contribution is 7.19. The Labute approximate surface area is 177 Å². The van der Waals surface area contributed by atoms with Crippen molar-refractivity contribution in [1.29, 1.82) is 0 Å². The van der Waals surface area contributed by atoms with Crippen LogP contribution in [0.25, 0.3) is 10.2 Å². The minimum Gasteiger partial charge on any atom is -0.489 e. The Kier molecular flexibility index (Phi) is 6.96. The van der Waals surface area contributed by atoms with E-state index in [1.165, 1.54) is 6.92 Å². The van der Waals surface area contributed by atoms with E-state index in [0.717, 1.165) is 43.9 Å². The number of thiazole rings is 1. The van der Waals surface area contributed by atoms with Gasteiger partial charge in [0, 0.05) is 19.9 Å². The molecule has 29 heavy (non-hydrogen) atoms. The standard InChI is InChI=1S/C20H25ClF2N2O3S/c1-11(24-12(2)26)10-27-13-4-6-14(7-5-13)28-16-9-8-15-18(17(16)21)29-19(25-15)20(3,22)23/h8-9,11,13-14H,4-7,10H2,1-3H3,(H,24,26)/t11-,13?,14?/m0/s1. The predicted molar refractivity (Wildman–Crippen MR) is 110 cm³/mol. The summed E-state index contributed by atoms with van der Waals surface area (Å²) in [5.74, 6) is -2.57. The summed E-state index contributed by atoms with van der Waals surface area (Å²) in [4.78, 5) is 15.0. The van der Waals surface area contributed by atoms with E-state index < -0.39 is 5.92 Å². The Morgan fingerprint density at radius 2 is 2.00 bits per heavy atom. The lowest BCUT2D eigenvalue weighted by atomic mass is 9.95. The molecule has 2 aromatic rings. The Balaban J connectivity index is 1.56. The first-order valence-corrected chi connectivity index (χ1v) is 10.9. The average molecular weight is 447 g/mol. The zero-order valence-corrected chi connectivity index (χ0v) is 18.2. The van der Waals surface area contributed by atoms with Crippen molar-refractivity contribution in [2.45, 2.75) is 70.6 Å². The van der Waals surface area contributed by atoms with Crippen molar-refractivity contribution < 1.29 is 23.0 Å². The second kappa shape index (κ2) is 9.10. The number of nitrogens with one attached hydrogen (secondary N) is 1. The van der Waals surface area contributed by atoms with Gasteiger partial charge in [-0.05, 0) is 44.7 Å². The zero-order valence-electron chi connectivity index (χ0n) is 16.6. The van der Waals surface area contributed by atoms with Crippen molar-refractivity contribution in [3.05, 3.63) is 22.2 Å². The lowest BCUT2D eigenvalue weighted by molar-refractivity contribution is -0.120. The van der Waals surface area contributed by atoms with Crippen molar-refractivity contribution in [1.82, 2.24) is 10.3 Å². The quantitative estimate of drug-likeness (QED) is 0.627. The molecule has 3 rings (SSSR count). The summed E-state index contributed by atoms with van der Waals surface area (Å²) in [5.41, 5.74) is 0.453. The molecule has 1 saturated carbocycles. The summed E-state index contributed by atoms with van der Waals surface area (Å²) in [6, 6.07) is 3.34. The van der Waals surface area contributed by atoms with E-state index in [-0.39, 0.29) is 29.2 Å². The molecule has 1 aliphatic carbocycles. The molecule has 0 unspecified atom stereocenters. The van der Waals surface area contributed by atoms with Crippen molar-refractivity contribution in [3.63, 3.8) is 0 Å². The fourth-order valence-electron chi connectivity index (χ4n) is 3.39. The van der Waals surface area contributed by atoms with Crippen LogP contribution in [-0.4, -0.2) is 35.7 Å². The number of alkyl halides is 2. The maximum atomic E-state index is 13.6. The van der Waals surface area contributed by atoms with Crippen molar-refractivity contribution in [2.75, 3.05) is 6.61 Å². The molecule has 1 aromatic carbocycles. The number of ether oxygens (including phenoxy) is 2. The van der Waals surface area contributed by atoms with Crippen LogP contribution < -0.4 is 10.1 Å². The van der Waals surface area contributed by atoms with Gasteiger partial charge in [0.05, 0.1) is 29.0 Å². The molecule has 0 saturated heterocycles. The van der Waals surface area contributed by atoms with Gasteiger partial charge in [0.15, 0.2) is 5.01 Å². The molecule has 0 spiro atoms. The molecule has 160 valence electrons.